The number of para-hydroxylation sites is 1. The van der Waals surface area contributed by atoms with Gasteiger partial charge in [0, 0.05) is 19.3 Å². The van der Waals surface area contributed by atoms with Crippen LogP contribution in [0.1, 0.15) is 30.1 Å². The molecule has 1 heterocycles. The fourth-order valence-electron chi connectivity index (χ4n) is 2.50. The lowest BCUT2D eigenvalue weighted by atomic mass is 9.92. The Morgan fingerprint density at radius 3 is 2.76 bits per heavy atom. The first-order chi connectivity index (χ1) is 10.0. The Bertz CT molecular complexity index is 544. The first-order valence-electron chi connectivity index (χ1n) is 6.82. The van der Waals surface area contributed by atoms with E-state index in [2.05, 4.69) is 5.32 Å². The maximum Gasteiger partial charge on any atom is 0.300 e. The number of halogens is 1. The Hall–Kier alpha value is -1.66. The summed E-state index contributed by atoms with van der Waals surface area (Å²) >= 11 is 5.82. The zero-order valence-electron chi connectivity index (χ0n) is 11.7. The van der Waals surface area contributed by atoms with Crippen LogP contribution in [0.2, 0.25) is 5.02 Å². The topological polar surface area (TPSA) is 81.5 Å². The third-order valence-electron chi connectivity index (χ3n) is 3.75. The zero-order valence-corrected chi connectivity index (χ0v) is 12.4. The molecule has 0 bridgehead atoms. The largest absolute Gasteiger partial charge is 0.381 e. The van der Waals surface area contributed by atoms with Crippen LogP contribution < -0.4 is 5.32 Å². The van der Waals surface area contributed by atoms with E-state index in [1.165, 1.54) is 18.2 Å². The summed E-state index contributed by atoms with van der Waals surface area (Å²) in [5.41, 5.74) is -0.359. The highest BCUT2D eigenvalue weighted by molar-refractivity contribution is 6.33. The third-order valence-corrected chi connectivity index (χ3v) is 4.05. The zero-order chi connectivity index (χ0) is 15.4. The van der Waals surface area contributed by atoms with Crippen LogP contribution in [-0.2, 0) is 4.74 Å². The summed E-state index contributed by atoms with van der Waals surface area (Å²) in [6.45, 7) is 3.27. The van der Waals surface area contributed by atoms with Crippen LogP contribution in [-0.4, -0.2) is 30.1 Å². The van der Waals surface area contributed by atoms with Gasteiger partial charge >= 0.3 is 5.69 Å². The van der Waals surface area contributed by atoms with Gasteiger partial charge in [-0.25, -0.2) is 0 Å². The molecule has 6 nitrogen and oxygen atoms in total. The fourth-order valence-corrected chi connectivity index (χ4v) is 2.75. The highest BCUT2D eigenvalue weighted by atomic mass is 35.5. The van der Waals surface area contributed by atoms with Crippen LogP contribution in [0.5, 0.6) is 0 Å². The molecular formula is C14H17ClN2O4. The molecule has 1 saturated heterocycles. The molecule has 1 amide bonds. The average molecular weight is 313 g/mol. The molecule has 0 spiro atoms. The number of hydrogen-bond acceptors (Lipinski definition) is 4. The average Bonchev–Trinajstić information content (AvgIpc) is 2.47. The summed E-state index contributed by atoms with van der Waals surface area (Å²) in [5, 5.41) is 13.9. The first kappa shape index (κ1) is 15.7. The molecule has 1 aromatic rings. The lowest BCUT2D eigenvalue weighted by Crippen LogP contribution is -2.40. The molecule has 1 aliphatic heterocycles. The van der Waals surface area contributed by atoms with E-state index in [0.29, 0.717) is 19.1 Å². The minimum atomic E-state index is -0.629. The van der Waals surface area contributed by atoms with E-state index < -0.39 is 10.8 Å². The van der Waals surface area contributed by atoms with Crippen LogP contribution in [0, 0.1) is 16.0 Å². The number of amides is 1. The maximum atomic E-state index is 12.3. The van der Waals surface area contributed by atoms with Gasteiger partial charge < -0.3 is 10.1 Å². The van der Waals surface area contributed by atoms with E-state index in [1.807, 2.05) is 6.92 Å². The number of nitro groups is 1. The second-order valence-electron chi connectivity index (χ2n) is 5.11. The van der Waals surface area contributed by atoms with Crippen molar-refractivity contribution in [3.8, 4) is 0 Å². The summed E-state index contributed by atoms with van der Waals surface area (Å²) in [4.78, 5) is 22.7. The van der Waals surface area contributed by atoms with Crippen molar-refractivity contribution >= 4 is 23.2 Å². The van der Waals surface area contributed by atoms with Crippen molar-refractivity contribution in [2.75, 3.05) is 13.2 Å². The standard InChI is InChI=1S/C14H17ClN2O4/c1-9(10-5-7-21-8-6-10)16-14(18)11-3-2-4-12(15)13(11)17(19)20/h2-4,9-10H,5-8H2,1H3,(H,16,18). The molecule has 114 valence electrons. The molecule has 1 aliphatic rings. The molecular weight excluding hydrogens is 296 g/mol. The van der Waals surface area contributed by atoms with Crippen molar-refractivity contribution in [3.05, 3.63) is 38.9 Å². The number of nitrogens with one attached hydrogen (secondary N) is 1. The number of nitro benzene ring substituents is 1. The molecule has 1 N–H and O–H groups in total. The molecule has 0 aliphatic carbocycles. The lowest BCUT2D eigenvalue weighted by molar-refractivity contribution is -0.385. The molecule has 0 saturated carbocycles. The highest BCUT2D eigenvalue weighted by Gasteiger charge is 2.27. The predicted molar refractivity (Wildman–Crippen MR) is 78.6 cm³/mol. The van der Waals surface area contributed by atoms with Gasteiger partial charge in [0.25, 0.3) is 5.91 Å². The van der Waals surface area contributed by atoms with Gasteiger partial charge in [-0.1, -0.05) is 17.7 Å². The molecule has 2 rings (SSSR count). The maximum absolute atomic E-state index is 12.3. The van der Waals surface area contributed by atoms with Crippen molar-refractivity contribution in [2.45, 2.75) is 25.8 Å². The summed E-state index contributed by atoms with van der Waals surface area (Å²) < 4.78 is 5.29. The van der Waals surface area contributed by atoms with Crippen LogP contribution >= 0.6 is 11.6 Å². The van der Waals surface area contributed by atoms with Crippen molar-refractivity contribution in [3.63, 3.8) is 0 Å². The van der Waals surface area contributed by atoms with E-state index in [1.54, 1.807) is 0 Å². The highest BCUT2D eigenvalue weighted by Crippen LogP contribution is 2.28. The molecule has 21 heavy (non-hydrogen) atoms. The van der Waals surface area contributed by atoms with E-state index in [9.17, 15) is 14.9 Å². The van der Waals surface area contributed by atoms with Gasteiger partial charge in [0.2, 0.25) is 0 Å². The van der Waals surface area contributed by atoms with Crippen LogP contribution in [0.4, 0.5) is 5.69 Å². The number of benzene rings is 1. The van der Waals surface area contributed by atoms with Gasteiger partial charge in [0.05, 0.1) is 4.92 Å². The van der Waals surface area contributed by atoms with Crippen LogP contribution in [0.25, 0.3) is 0 Å². The summed E-state index contributed by atoms with van der Waals surface area (Å²) in [5.74, 6) is -0.149. The van der Waals surface area contributed by atoms with Gasteiger partial charge in [0.15, 0.2) is 0 Å². The third kappa shape index (κ3) is 3.71. The SMILES string of the molecule is CC(NC(=O)c1cccc(Cl)c1[N+](=O)[O-])C1CCOCC1. The quantitative estimate of drug-likeness (QED) is 0.684. The predicted octanol–water partition coefficient (Wildman–Crippen LogP) is 2.79. The number of ether oxygens (including phenoxy) is 1. The number of carbonyl (C=O) groups is 1. The van der Waals surface area contributed by atoms with Gasteiger partial charge in [-0.3, -0.25) is 14.9 Å². The molecule has 1 atom stereocenters. The normalized spacial score (nSPS) is 17.2. The van der Waals surface area contributed by atoms with E-state index in [4.69, 9.17) is 16.3 Å². The molecule has 0 aromatic heterocycles. The lowest BCUT2D eigenvalue weighted by Gasteiger charge is -2.28. The second-order valence-corrected chi connectivity index (χ2v) is 5.51. The fraction of sp³-hybridized carbons (Fsp3) is 0.500. The molecule has 0 radical (unpaired) electrons. The number of carbonyl (C=O) groups excluding carboxylic acids is 1. The van der Waals surface area contributed by atoms with Crippen molar-refractivity contribution in [2.24, 2.45) is 5.92 Å². The van der Waals surface area contributed by atoms with Gasteiger partial charge in [-0.05, 0) is 37.8 Å². The Kier molecular flexibility index (Phi) is 5.14. The van der Waals surface area contributed by atoms with Crippen molar-refractivity contribution < 1.29 is 14.5 Å². The summed E-state index contributed by atoms with van der Waals surface area (Å²) in [7, 11) is 0. The van der Waals surface area contributed by atoms with Crippen LogP contribution in [0.15, 0.2) is 18.2 Å². The summed E-state index contributed by atoms with van der Waals surface area (Å²) in [6, 6.07) is 4.28. The number of rotatable bonds is 4. The minimum Gasteiger partial charge on any atom is -0.381 e. The smallest absolute Gasteiger partial charge is 0.300 e. The molecule has 1 unspecified atom stereocenters. The van der Waals surface area contributed by atoms with Gasteiger partial charge in [0.1, 0.15) is 10.6 Å². The van der Waals surface area contributed by atoms with Gasteiger partial charge in [-0.2, -0.15) is 0 Å². The molecule has 1 fully saturated rings. The first-order valence-corrected chi connectivity index (χ1v) is 7.20. The summed E-state index contributed by atoms with van der Waals surface area (Å²) in [6.07, 6.45) is 1.75. The molecule has 1 aromatic carbocycles. The molecule has 7 heteroatoms. The van der Waals surface area contributed by atoms with E-state index in [-0.39, 0.29) is 22.3 Å². The van der Waals surface area contributed by atoms with E-state index in [0.717, 1.165) is 12.8 Å². The Morgan fingerprint density at radius 1 is 1.48 bits per heavy atom. The van der Waals surface area contributed by atoms with Crippen LogP contribution in [0.3, 0.4) is 0 Å². The number of nitrogens with zero attached hydrogens (tertiary/aromatic N) is 1. The van der Waals surface area contributed by atoms with Crippen molar-refractivity contribution in [1.29, 1.82) is 0 Å². The Balaban J connectivity index is 2.13. The Labute approximate surface area is 127 Å². The monoisotopic (exact) mass is 312 g/mol. The minimum absolute atomic E-state index is 0.00795. The number of hydrogen-bond donors (Lipinski definition) is 1. The second kappa shape index (κ2) is 6.87. The van der Waals surface area contributed by atoms with Crippen molar-refractivity contribution in [1.82, 2.24) is 5.32 Å². The van der Waals surface area contributed by atoms with Gasteiger partial charge in [-0.15, -0.1) is 0 Å². The Morgan fingerprint density at radius 2 is 2.14 bits per heavy atom. The van der Waals surface area contributed by atoms with E-state index >= 15 is 0 Å².